The van der Waals surface area contributed by atoms with Crippen molar-refractivity contribution in [1.29, 1.82) is 0 Å². The van der Waals surface area contributed by atoms with Gasteiger partial charge < -0.3 is 10.1 Å². The van der Waals surface area contributed by atoms with Gasteiger partial charge in [0, 0.05) is 18.8 Å². The van der Waals surface area contributed by atoms with Crippen LogP contribution in [0.5, 0.6) is 0 Å². The van der Waals surface area contributed by atoms with Crippen molar-refractivity contribution >= 4 is 5.69 Å². The fourth-order valence-corrected chi connectivity index (χ4v) is 3.45. The van der Waals surface area contributed by atoms with Gasteiger partial charge in [0.2, 0.25) is 0 Å². The van der Waals surface area contributed by atoms with Crippen molar-refractivity contribution < 1.29 is 4.74 Å². The quantitative estimate of drug-likeness (QED) is 0.753. The summed E-state index contributed by atoms with van der Waals surface area (Å²) in [5.41, 5.74) is 2.69. The maximum Gasteiger partial charge on any atom is 0.0503 e. The van der Waals surface area contributed by atoms with Gasteiger partial charge in [-0.05, 0) is 49.1 Å². The van der Waals surface area contributed by atoms with Gasteiger partial charge in [-0.3, -0.25) is 0 Å². The first kappa shape index (κ1) is 16.4. The number of para-hydroxylation sites is 1. The molecule has 0 heterocycles. The lowest BCUT2D eigenvalue weighted by Gasteiger charge is -2.21. The van der Waals surface area contributed by atoms with Crippen LogP contribution in [0.4, 0.5) is 5.69 Å². The first-order valence-corrected chi connectivity index (χ1v) is 8.54. The molecule has 0 radical (unpaired) electrons. The summed E-state index contributed by atoms with van der Waals surface area (Å²) < 4.78 is 5.22. The molecule has 1 aliphatic rings. The molecule has 1 N–H and O–H groups in total. The van der Waals surface area contributed by atoms with Crippen molar-refractivity contribution in [2.45, 2.75) is 58.4 Å². The van der Waals surface area contributed by atoms with Crippen molar-refractivity contribution in [3.63, 3.8) is 0 Å². The summed E-state index contributed by atoms with van der Waals surface area (Å²) in [4.78, 5) is 0. The molecule has 118 valence electrons. The predicted molar refractivity (Wildman–Crippen MR) is 90.8 cm³/mol. The topological polar surface area (TPSA) is 21.3 Å². The Labute approximate surface area is 130 Å². The van der Waals surface area contributed by atoms with Crippen LogP contribution < -0.4 is 5.32 Å². The zero-order valence-electron chi connectivity index (χ0n) is 13.9. The van der Waals surface area contributed by atoms with Crippen molar-refractivity contribution in [1.82, 2.24) is 0 Å². The summed E-state index contributed by atoms with van der Waals surface area (Å²) in [6.45, 7) is 5.54. The summed E-state index contributed by atoms with van der Waals surface area (Å²) in [7, 11) is 1.77. The first-order chi connectivity index (χ1) is 10.2. The number of hydrogen-bond donors (Lipinski definition) is 1. The highest BCUT2D eigenvalue weighted by Crippen LogP contribution is 2.30. The van der Waals surface area contributed by atoms with Crippen LogP contribution in [0.1, 0.15) is 51.5 Å². The van der Waals surface area contributed by atoms with Crippen LogP contribution >= 0.6 is 0 Å². The third-order valence-electron chi connectivity index (χ3n) is 4.91. The molecule has 2 atom stereocenters. The molecule has 2 unspecified atom stereocenters. The molecule has 2 nitrogen and oxygen atoms in total. The average Bonchev–Trinajstić information content (AvgIpc) is 2.72. The van der Waals surface area contributed by atoms with Crippen molar-refractivity contribution in [3.05, 3.63) is 29.8 Å². The van der Waals surface area contributed by atoms with Crippen LogP contribution in [0.3, 0.4) is 0 Å². The summed E-state index contributed by atoms with van der Waals surface area (Å²) in [5.74, 6) is 1.75. The molecule has 0 saturated heterocycles. The highest BCUT2D eigenvalue weighted by molar-refractivity contribution is 5.51. The van der Waals surface area contributed by atoms with E-state index in [9.17, 15) is 0 Å². The molecular weight excluding hydrogens is 258 g/mol. The fraction of sp³-hybridized carbons (Fsp3) is 0.684. The molecule has 0 spiro atoms. The Hall–Kier alpha value is -1.02. The molecule has 2 heteroatoms. The Morgan fingerprint density at radius 1 is 1.14 bits per heavy atom. The zero-order valence-corrected chi connectivity index (χ0v) is 13.9. The lowest BCUT2D eigenvalue weighted by atomic mass is 9.89. The second kappa shape index (κ2) is 8.43. The van der Waals surface area contributed by atoms with E-state index in [1.807, 2.05) is 0 Å². The summed E-state index contributed by atoms with van der Waals surface area (Å²) in [6, 6.07) is 9.33. The predicted octanol–water partition coefficient (Wildman–Crippen LogP) is 4.89. The van der Waals surface area contributed by atoms with Gasteiger partial charge in [-0.1, -0.05) is 44.9 Å². The van der Waals surface area contributed by atoms with E-state index >= 15 is 0 Å². The third kappa shape index (κ3) is 5.03. The van der Waals surface area contributed by atoms with E-state index < -0.39 is 0 Å². The molecule has 21 heavy (non-hydrogen) atoms. The third-order valence-corrected chi connectivity index (χ3v) is 4.91. The summed E-state index contributed by atoms with van der Waals surface area (Å²) >= 11 is 0. The molecule has 2 rings (SSSR count). The van der Waals surface area contributed by atoms with Gasteiger partial charge in [0.25, 0.3) is 0 Å². The lowest BCUT2D eigenvalue weighted by molar-refractivity contribution is 0.202. The Kier molecular flexibility index (Phi) is 6.56. The van der Waals surface area contributed by atoms with Gasteiger partial charge in [0.1, 0.15) is 0 Å². The number of methoxy groups -OCH3 is 1. The van der Waals surface area contributed by atoms with Crippen molar-refractivity contribution in [2.24, 2.45) is 11.8 Å². The van der Waals surface area contributed by atoms with Crippen LogP contribution in [0.2, 0.25) is 0 Å². The molecule has 0 amide bonds. The van der Waals surface area contributed by atoms with E-state index in [1.165, 1.54) is 43.4 Å². The van der Waals surface area contributed by atoms with Gasteiger partial charge >= 0.3 is 0 Å². The van der Waals surface area contributed by atoms with Gasteiger partial charge in [-0.25, -0.2) is 0 Å². The lowest BCUT2D eigenvalue weighted by Crippen LogP contribution is -2.20. The molecule has 1 aliphatic carbocycles. The normalized spacial score (nSPS) is 23.0. The number of rotatable bonds is 6. The monoisotopic (exact) mass is 289 g/mol. The van der Waals surface area contributed by atoms with Crippen LogP contribution in [-0.4, -0.2) is 19.8 Å². The van der Waals surface area contributed by atoms with Crippen LogP contribution in [-0.2, 0) is 11.2 Å². The van der Waals surface area contributed by atoms with E-state index in [0.29, 0.717) is 6.04 Å². The molecule has 1 aromatic rings. The molecule has 1 saturated carbocycles. The largest absolute Gasteiger partial charge is 0.384 e. The number of hydrogen-bond acceptors (Lipinski definition) is 2. The number of nitrogens with one attached hydrogen (secondary N) is 1. The molecule has 1 aromatic carbocycles. The van der Waals surface area contributed by atoms with Gasteiger partial charge in [0.15, 0.2) is 0 Å². The van der Waals surface area contributed by atoms with Crippen LogP contribution in [0.15, 0.2) is 24.3 Å². The van der Waals surface area contributed by atoms with E-state index in [0.717, 1.165) is 24.9 Å². The van der Waals surface area contributed by atoms with Gasteiger partial charge in [-0.2, -0.15) is 0 Å². The summed E-state index contributed by atoms with van der Waals surface area (Å²) in [5, 5.41) is 3.80. The average molecular weight is 289 g/mol. The smallest absolute Gasteiger partial charge is 0.0503 e. The minimum Gasteiger partial charge on any atom is -0.384 e. The second-order valence-electron chi connectivity index (χ2n) is 6.75. The van der Waals surface area contributed by atoms with Crippen LogP contribution in [0.25, 0.3) is 0 Å². The van der Waals surface area contributed by atoms with E-state index in [2.05, 4.69) is 43.4 Å². The molecule has 1 fully saturated rings. The van der Waals surface area contributed by atoms with E-state index in [4.69, 9.17) is 4.74 Å². The Balaban J connectivity index is 1.95. The number of benzene rings is 1. The van der Waals surface area contributed by atoms with Gasteiger partial charge in [-0.15, -0.1) is 0 Å². The second-order valence-corrected chi connectivity index (χ2v) is 6.75. The highest BCUT2D eigenvalue weighted by atomic mass is 16.5. The maximum absolute atomic E-state index is 5.22. The molecule has 0 aromatic heterocycles. The first-order valence-electron chi connectivity index (χ1n) is 8.54. The highest BCUT2D eigenvalue weighted by Gasteiger charge is 2.21. The molecule has 0 aliphatic heterocycles. The SMILES string of the molecule is COCCc1ccccc1NC1CCCC(C(C)C)CC1. The zero-order chi connectivity index (χ0) is 15.1. The Bertz CT molecular complexity index is 416. The number of ether oxygens (including phenoxy) is 1. The van der Waals surface area contributed by atoms with Crippen LogP contribution in [0, 0.1) is 11.8 Å². The van der Waals surface area contributed by atoms with Crippen molar-refractivity contribution in [3.8, 4) is 0 Å². The van der Waals surface area contributed by atoms with E-state index in [-0.39, 0.29) is 0 Å². The Morgan fingerprint density at radius 3 is 2.71 bits per heavy atom. The number of anilines is 1. The Morgan fingerprint density at radius 2 is 1.95 bits per heavy atom. The molecule has 0 bridgehead atoms. The maximum atomic E-state index is 5.22. The summed E-state index contributed by atoms with van der Waals surface area (Å²) in [6.07, 6.45) is 7.74. The molecular formula is C19H31NO. The standard InChI is InChI=1S/C19H31NO/c1-15(2)16-8-6-9-18(12-11-16)20-19-10-5-4-7-17(19)13-14-21-3/h4-5,7,10,15-16,18,20H,6,8-9,11-14H2,1-3H3. The minimum atomic E-state index is 0.637. The minimum absolute atomic E-state index is 0.637. The van der Waals surface area contributed by atoms with E-state index in [1.54, 1.807) is 7.11 Å². The van der Waals surface area contributed by atoms with Crippen molar-refractivity contribution in [2.75, 3.05) is 19.0 Å². The fourth-order valence-electron chi connectivity index (χ4n) is 3.45. The van der Waals surface area contributed by atoms with Gasteiger partial charge in [0.05, 0.1) is 6.61 Å².